The smallest absolute Gasteiger partial charge is 0.338 e. The Balaban J connectivity index is 1.25. The first-order chi connectivity index (χ1) is 24.6. The Bertz CT molecular complexity index is 1970. The number of piperidine rings is 3. The Morgan fingerprint density at radius 2 is 1.61 bits per heavy atom. The van der Waals surface area contributed by atoms with Crippen LogP contribution >= 0.6 is 23.2 Å². The summed E-state index contributed by atoms with van der Waals surface area (Å²) in [6, 6.07) is 17.7. The number of benzene rings is 3. The third-order valence-corrected chi connectivity index (χ3v) is 11.3. The maximum atomic E-state index is 13.9. The van der Waals surface area contributed by atoms with Crippen molar-refractivity contribution in [3.63, 3.8) is 0 Å². The SMILES string of the molecule is COc1ccc([C@H](Cc2c(Cl)cncc2Cl)OC(=O)c2cccc(S(=O)(=O)NC(C(=O)O[C@H]3CN4CCC3CC4)c3ccccc3)c2)cc1OC. The second-order valence-electron chi connectivity index (χ2n) is 12.4. The molecule has 3 atom stereocenters. The Kier molecular flexibility index (Phi) is 11.5. The van der Waals surface area contributed by atoms with Crippen LogP contribution in [0.2, 0.25) is 10.0 Å². The highest BCUT2D eigenvalue weighted by Crippen LogP contribution is 2.36. The van der Waals surface area contributed by atoms with Gasteiger partial charge in [-0.3, -0.25) is 9.88 Å². The van der Waals surface area contributed by atoms with E-state index in [1.165, 1.54) is 50.9 Å². The summed E-state index contributed by atoms with van der Waals surface area (Å²) in [7, 11) is -1.37. The van der Waals surface area contributed by atoms with Crippen LogP contribution in [-0.4, -0.2) is 70.2 Å². The molecule has 1 aromatic heterocycles. The number of nitrogens with zero attached hydrogens (tertiary/aromatic N) is 2. The number of hydrogen-bond acceptors (Lipinski definition) is 10. The van der Waals surface area contributed by atoms with E-state index in [4.69, 9.17) is 42.1 Å². The first-order valence-electron chi connectivity index (χ1n) is 16.4. The lowest BCUT2D eigenvalue weighted by molar-refractivity contribution is -0.161. The number of carbonyl (C=O) groups excluding carboxylic acids is 2. The topological polar surface area (TPSA) is 133 Å². The summed E-state index contributed by atoms with van der Waals surface area (Å²) in [5.41, 5.74) is 1.43. The van der Waals surface area contributed by atoms with Crippen LogP contribution in [0.3, 0.4) is 0 Å². The van der Waals surface area contributed by atoms with Gasteiger partial charge in [0.2, 0.25) is 10.0 Å². The van der Waals surface area contributed by atoms with E-state index in [1.54, 1.807) is 48.5 Å². The zero-order chi connectivity index (χ0) is 36.1. The molecule has 1 N–H and O–H groups in total. The van der Waals surface area contributed by atoms with Gasteiger partial charge >= 0.3 is 11.9 Å². The van der Waals surface area contributed by atoms with Crippen LogP contribution in [0.15, 0.2) is 90.1 Å². The maximum Gasteiger partial charge on any atom is 0.338 e. The van der Waals surface area contributed by atoms with Gasteiger partial charge in [0.25, 0.3) is 0 Å². The molecule has 7 rings (SSSR count). The van der Waals surface area contributed by atoms with Crippen LogP contribution in [0.25, 0.3) is 0 Å². The third-order valence-electron chi connectivity index (χ3n) is 9.26. The van der Waals surface area contributed by atoms with Crippen molar-refractivity contribution in [1.29, 1.82) is 0 Å². The molecule has 268 valence electrons. The molecule has 0 saturated carbocycles. The van der Waals surface area contributed by atoms with Crippen molar-refractivity contribution in [2.75, 3.05) is 33.9 Å². The number of ether oxygens (including phenoxy) is 4. The third kappa shape index (κ3) is 8.48. The van der Waals surface area contributed by atoms with E-state index < -0.39 is 34.1 Å². The van der Waals surface area contributed by atoms with E-state index in [0.717, 1.165) is 25.9 Å². The van der Waals surface area contributed by atoms with E-state index in [2.05, 4.69) is 14.6 Å². The van der Waals surface area contributed by atoms with Crippen molar-refractivity contribution >= 4 is 45.2 Å². The minimum absolute atomic E-state index is 0.0404. The van der Waals surface area contributed by atoms with Crippen molar-refractivity contribution in [3.05, 3.63) is 117 Å². The predicted molar refractivity (Wildman–Crippen MR) is 191 cm³/mol. The summed E-state index contributed by atoms with van der Waals surface area (Å²) >= 11 is 12.9. The van der Waals surface area contributed by atoms with Gasteiger partial charge < -0.3 is 18.9 Å². The predicted octanol–water partition coefficient (Wildman–Crippen LogP) is 6.20. The summed E-state index contributed by atoms with van der Waals surface area (Å²) in [4.78, 5) is 33.4. The van der Waals surface area contributed by atoms with Gasteiger partial charge in [-0.2, -0.15) is 4.72 Å². The molecule has 0 spiro atoms. The highest BCUT2D eigenvalue weighted by molar-refractivity contribution is 7.89. The number of carbonyl (C=O) groups is 2. The summed E-state index contributed by atoms with van der Waals surface area (Å²) < 4.78 is 53.1. The van der Waals surface area contributed by atoms with Crippen LogP contribution in [0.4, 0.5) is 0 Å². The molecule has 3 aliphatic heterocycles. The largest absolute Gasteiger partial charge is 0.493 e. The number of fused-ring (bicyclic) bond motifs is 3. The van der Waals surface area contributed by atoms with Crippen LogP contribution < -0.4 is 14.2 Å². The van der Waals surface area contributed by atoms with Crippen LogP contribution in [0.5, 0.6) is 11.5 Å². The number of hydrogen-bond donors (Lipinski definition) is 1. The minimum Gasteiger partial charge on any atom is -0.493 e. The average Bonchev–Trinajstić information content (AvgIpc) is 3.15. The van der Waals surface area contributed by atoms with E-state index >= 15 is 0 Å². The van der Waals surface area contributed by atoms with Crippen LogP contribution in [0, 0.1) is 5.92 Å². The Morgan fingerprint density at radius 3 is 2.25 bits per heavy atom. The van der Waals surface area contributed by atoms with Crippen LogP contribution in [-0.2, 0) is 30.7 Å². The normalized spacial score (nSPS) is 19.5. The lowest BCUT2D eigenvalue weighted by atomic mass is 9.86. The number of pyridine rings is 1. The standard InChI is InChI=1S/C37H37Cl2N3O8S/c1-47-31-12-11-25(18-33(31)48-2)32(19-28-29(38)20-40-21-30(28)39)49-36(43)26-9-6-10-27(17-26)51(45,46)41-35(24-7-4-3-5-8-24)37(44)50-34-22-42-15-13-23(34)14-16-42/h3-12,17-18,20-21,23,32,34-35,41H,13-16,19,22H2,1-2H3/t32-,34-,35?/m0/s1. The highest BCUT2D eigenvalue weighted by atomic mass is 35.5. The molecule has 3 aromatic carbocycles. The molecular formula is C37H37Cl2N3O8S. The number of aromatic nitrogens is 1. The molecule has 3 fully saturated rings. The zero-order valence-corrected chi connectivity index (χ0v) is 30.3. The minimum atomic E-state index is -4.36. The summed E-state index contributed by atoms with van der Waals surface area (Å²) in [5, 5.41) is 0.561. The van der Waals surface area contributed by atoms with Gasteiger partial charge in [0.1, 0.15) is 18.2 Å². The van der Waals surface area contributed by atoms with E-state index in [-0.39, 0.29) is 38.9 Å². The molecule has 1 unspecified atom stereocenters. The second-order valence-corrected chi connectivity index (χ2v) is 14.9. The van der Waals surface area contributed by atoms with Crippen molar-refractivity contribution in [2.24, 2.45) is 5.92 Å². The van der Waals surface area contributed by atoms with E-state index in [1.807, 2.05) is 0 Å². The fraction of sp³-hybridized carbons (Fsp3) is 0.324. The number of nitrogens with one attached hydrogen (secondary N) is 1. The van der Waals surface area contributed by atoms with Gasteiger partial charge in [0, 0.05) is 25.4 Å². The Hall–Kier alpha value is -4.20. The molecule has 2 bridgehead atoms. The van der Waals surface area contributed by atoms with Gasteiger partial charge in [-0.25, -0.2) is 18.0 Å². The van der Waals surface area contributed by atoms with Gasteiger partial charge in [-0.1, -0.05) is 65.7 Å². The van der Waals surface area contributed by atoms with Gasteiger partial charge in [-0.05, 0) is 78.9 Å². The molecule has 4 heterocycles. The van der Waals surface area contributed by atoms with E-state index in [0.29, 0.717) is 34.7 Å². The number of sulfonamides is 1. The van der Waals surface area contributed by atoms with Gasteiger partial charge in [0.05, 0.1) is 34.7 Å². The van der Waals surface area contributed by atoms with Crippen LogP contribution in [0.1, 0.15) is 52.0 Å². The Labute approximate surface area is 306 Å². The molecule has 0 amide bonds. The fourth-order valence-corrected chi connectivity index (χ4v) is 8.21. The molecule has 0 radical (unpaired) electrons. The molecule has 3 saturated heterocycles. The monoisotopic (exact) mass is 753 g/mol. The highest BCUT2D eigenvalue weighted by Gasteiger charge is 2.39. The summed E-state index contributed by atoms with van der Waals surface area (Å²) in [6.07, 6.45) is 3.55. The number of esters is 2. The summed E-state index contributed by atoms with van der Waals surface area (Å²) in [5.74, 6) is -0.386. The summed E-state index contributed by atoms with van der Waals surface area (Å²) in [6.45, 7) is 2.55. The second kappa shape index (κ2) is 16.0. The molecule has 0 aliphatic carbocycles. The lowest BCUT2D eigenvalue weighted by Crippen LogP contribution is -2.52. The van der Waals surface area contributed by atoms with Crippen molar-refractivity contribution in [1.82, 2.24) is 14.6 Å². The quantitative estimate of drug-likeness (QED) is 0.157. The average molecular weight is 755 g/mol. The maximum absolute atomic E-state index is 13.9. The molecule has 3 aliphatic rings. The number of methoxy groups -OCH3 is 2. The first-order valence-corrected chi connectivity index (χ1v) is 18.6. The fourth-order valence-electron chi connectivity index (χ4n) is 6.47. The van der Waals surface area contributed by atoms with Crippen molar-refractivity contribution < 1.29 is 37.0 Å². The van der Waals surface area contributed by atoms with Crippen molar-refractivity contribution in [2.45, 2.75) is 42.4 Å². The van der Waals surface area contributed by atoms with E-state index in [9.17, 15) is 18.0 Å². The molecule has 51 heavy (non-hydrogen) atoms. The Morgan fingerprint density at radius 1 is 0.902 bits per heavy atom. The first kappa shape index (κ1) is 36.6. The number of halogens is 2. The molecule has 11 nitrogen and oxygen atoms in total. The molecule has 4 aromatic rings. The van der Waals surface area contributed by atoms with Gasteiger partial charge in [-0.15, -0.1) is 0 Å². The van der Waals surface area contributed by atoms with Gasteiger partial charge in [0.15, 0.2) is 11.5 Å². The van der Waals surface area contributed by atoms with Crippen molar-refractivity contribution in [3.8, 4) is 11.5 Å². The molecule has 14 heteroatoms. The number of rotatable bonds is 13. The zero-order valence-electron chi connectivity index (χ0n) is 28.0. The lowest BCUT2D eigenvalue weighted by Gasteiger charge is -2.44. The molecular weight excluding hydrogens is 717 g/mol.